The fraction of sp³-hybridized carbons (Fsp3) is 0.261. The molecule has 1 aromatic heterocycles. The smallest absolute Gasteiger partial charge is 0.249 e. The topological polar surface area (TPSA) is 50.3 Å². The molecule has 4 nitrogen and oxygen atoms in total. The van der Waals surface area contributed by atoms with Crippen molar-refractivity contribution in [2.75, 3.05) is 10.8 Å². The number of rotatable bonds is 4. The van der Waals surface area contributed by atoms with Gasteiger partial charge in [0.1, 0.15) is 5.82 Å². The summed E-state index contributed by atoms with van der Waals surface area (Å²) in [6, 6.07) is 19.3. The second-order valence-electron chi connectivity index (χ2n) is 7.93. The number of sulfonamides is 1. The zero-order valence-corrected chi connectivity index (χ0v) is 17.2. The van der Waals surface area contributed by atoms with Gasteiger partial charge in [-0.3, -0.25) is 0 Å². The molecule has 0 fully saturated rings. The van der Waals surface area contributed by atoms with Crippen LogP contribution in [0.25, 0.3) is 0 Å². The van der Waals surface area contributed by atoms with E-state index >= 15 is 0 Å². The Morgan fingerprint density at radius 3 is 2.36 bits per heavy atom. The summed E-state index contributed by atoms with van der Waals surface area (Å²) < 4.78 is 28.3. The van der Waals surface area contributed by atoms with Gasteiger partial charge in [0.15, 0.2) is 0 Å². The van der Waals surface area contributed by atoms with Gasteiger partial charge < -0.3 is 0 Å². The van der Waals surface area contributed by atoms with Crippen LogP contribution in [0, 0.1) is 13.8 Å². The minimum Gasteiger partial charge on any atom is -0.249 e. The molecule has 0 bridgehead atoms. The van der Waals surface area contributed by atoms with E-state index in [0.29, 0.717) is 17.3 Å². The third-order valence-electron chi connectivity index (χ3n) is 5.43. The van der Waals surface area contributed by atoms with Crippen LogP contribution in [0.5, 0.6) is 0 Å². The molecule has 0 saturated heterocycles. The SMILES string of the molecule is Cc1ccc(S(=O)(=O)N2CC(C)(Cc3ccccc3)c3cc(C)cnc32)cc1. The third kappa shape index (κ3) is 3.20. The second-order valence-corrected chi connectivity index (χ2v) is 9.79. The van der Waals surface area contributed by atoms with Crippen molar-refractivity contribution >= 4 is 15.8 Å². The van der Waals surface area contributed by atoms with Crippen molar-refractivity contribution in [2.45, 2.75) is 37.5 Å². The maximum Gasteiger partial charge on any atom is 0.265 e. The molecule has 2 aromatic carbocycles. The van der Waals surface area contributed by atoms with Gasteiger partial charge in [0, 0.05) is 23.7 Å². The molecule has 5 heteroatoms. The predicted molar refractivity (Wildman–Crippen MR) is 112 cm³/mol. The van der Waals surface area contributed by atoms with Crippen molar-refractivity contribution in [3.8, 4) is 0 Å². The van der Waals surface area contributed by atoms with Crippen LogP contribution in [-0.2, 0) is 21.9 Å². The Balaban J connectivity index is 1.80. The van der Waals surface area contributed by atoms with Gasteiger partial charge in [0.25, 0.3) is 10.0 Å². The van der Waals surface area contributed by atoms with E-state index in [1.54, 1.807) is 18.3 Å². The highest BCUT2D eigenvalue weighted by molar-refractivity contribution is 7.92. The van der Waals surface area contributed by atoms with Gasteiger partial charge >= 0.3 is 0 Å². The molecule has 1 aliphatic rings. The summed E-state index contributed by atoms with van der Waals surface area (Å²) in [5.41, 5.74) is 3.91. The molecule has 1 atom stereocenters. The number of anilines is 1. The molecule has 144 valence electrons. The average Bonchev–Trinajstić information content (AvgIpc) is 2.96. The molecule has 0 spiro atoms. The molecule has 0 aliphatic carbocycles. The van der Waals surface area contributed by atoms with Gasteiger partial charge in [-0.1, -0.05) is 61.0 Å². The highest BCUT2D eigenvalue weighted by atomic mass is 32.2. The Morgan fingerprint density at radius 2 is 1.68 bits per heavy atom. The van der Waals surface area contributed by atoms with Crippen molar-refractivity contribution < 1.29 is 8.42 Å². The molecule has 1 aliphatic heterocycles. The lowest BCUT2D eigenvalue weighted by atomic mass is 9.79. The first-order valence-electron chi connectivity index (χ1n) is 9.40. The van der Waals surface area contributed by atoms with Gasteiger partial charge in [0.05, 0.1) is 4.90 Å². The lowest BCUT2D eigenvalue weighted by Crippen LogP contribution is -2.36. The van der Waals surface area contributed by atoms with Crippen molar-refractivity contribution in [2.24, 2.45) is 0 Å². The van der Waals surface area contributed by atoms with Crippen molar-refractivity contribution in [3.05, 3.63) is 89.1 Å². The van der Waals surface area contributed by atoms with Crippen LogP contribution in [0.1, 0.15) is 29.2 Å². The zero-order valence-electron chi connectivity index (χ0n) is 16.4. The number of hydrogen-bond acceptors (Lipinski definition) is 3. The first-order valence-corrected chi connectivity index (χ1v) is 10.8. The van der Waals surface area contributed by atoms with Crippen LogP contribution in [0.3, 0.4) is 0 Å². The normalized spacial score (nSPS) is 18.9. The van der Waals surface area contributed by atoms with Gasteiger partial charge in [-0.05, 0) is 43.5 Å². The Bertz CT molecular complexity index is 1110. The van der Waals surface area contributed by atoms with E-state index in [2.05, 4.69) is 30.1 Å². The molecule has 4 rings (SSSR count). The van der Waals surface area contributed by atoms with Gasteiger partial charge in [-0.15, -0.1) is 0 Å². The summed E-state index contributed by atoms with van der Waals surface area (Å²) in [5.74, 6) is 0.546. The molecule has 0 saturated carbocycles. The van der Waals surface area contributed by atoms with Crippen LogP contribution < -0.4 is 4.31 Å². The molecule has 0 radical (unpaired) electrons. The quantitative estimate of drug-likeness (QED) is 0.661. The Kier molecular flexibility index (Phi) is 4.50. The van der Waals surface area contributed by atoms with Crippen LogP contribution in [0.2, 0.25) is 0 Å². The lowest BCUT2D eigenvalue weighted by molar-refractivity contribution is 0.504. The average molecular weight is 393 g/mol. The highest BCUT2D eigenvalue weighted by Crippen LogP contribution is 2.44. The minimum absolute atomic E-state index is 0.301. The maximum absolute atomic E-state index is 13.4. The fourth-order valence-electron chi connectivity index (χ4n) is 3.92. The van der Waals surface area contributed by atoms with Gasteiger partial charge in [-0.25, -0.2) is 17.7 Å². The standard InChI is InChI=1S/C23H24N2O2S/c1-17-9-11-20(12-10-17)28(26,27)25-16-23(3,14-19-7-5-4-6-8-19)21-13-18(2)15-24-22(21)25/h4-13,15H,14,16H2,1-3H3. The van der Waals surface area contributed by atoms with Gasteiger partial charge in [-0.2, -0.15) is 0 Å². The first-order chi connectivity index (χ1) is 13.3. The summed E-state index contributed by atoms with van der Waals surface area (Å²) in [6.07, 6.45) is 2.50. The molecular weight excluding hydrogens is 368 g/mol. The number of aryl methyl sites for hydroxylation is 2. The molecule has 0 amide bonds. The number of hydrogen-bond donors (Lipinski definition) is 0. The summed E-state index contributed by atoms with van der Waals surface area (Å²) >= 11 is 0. The van der Waals surface area contributed by atoms with Crippen molar-refractivity contribution in [1.29, 1.82) is 0 Å². The number of nitrogens with zero attached hydrogens (tertiary/aromatic N) is 2. The van der Waals surface area contributed by atoms with E-state index in [-0.39, 0.29) is 5.41 Å². The molecule has 28 heavy (non-hydrogen) atoms. The summed E-state index contributed by atoms with van der Waals surface area (Å²) in [5, 5.41) is 0. The number of aromatic nitrogens is 1. The van der Waals surface area contributed by atoms with Crippen LogP contribution >= 0.6 is 0 Å². The van der Waals surface area contributed by atoms with E-state index in [9.17, 15) is 8.42 Å². The molecule has 0 N–H and O–H groups in total. The third-order valence-corrected chi connectivity index (χ3v) is 7.18. The van der Waals surface area contributed by atoms with Crippen LogP contribution in [0.4, 0.5) is 5.82 Å². The number of pyridine rings is 1. The van der Waals surface area contributed by atoms with Crippen LogP contribution in [-0.4, -0.2) is 19.9 Å². The number of benzene rings is 2. The monoisotopic (exact) mass is 392 g/mol. The van der Waals surface area contributed by atoms with E-state index < -0.39 is 10.0 Å². The first kappa shape index (κ1) is 18.7. The van der Waals surface area contributed by atoms with Gasteiger partial charge in [0.2, 0.25) is 0 Å². The summed E-state index contributed by atoms with van der Waals surface area (Å²) in [4.78, 5) is 4.83. The van der Waals surface area contributed by atoms with Crippen LogP contribution in [0.15, 0.2) is 71.8 Å². The maximum atomic E-state index is 13.4. The second kappa shape index (κ2) is 6.74. The lowest BCUT2D eigenvalue weighted by Gasteiger charge is -2.26. The molecule has 1 unspecified atom stereocenters. The number of fused-ring (bicyclic) bond motifs is 1. The molecule has 2 heterocycles. The van der Waals surface area contributed by atoms with E-state index in [1.165, 1.54) is 9.87 Å². The van der Waals surface area contributed by atoms with E-state index in [1.807, 2.05) is 44.2 Å². The fourth-order valence-corrected chi connectivity index (χ4v) is 5.48. The van der Waals surface area contributed by atoms with Crippen molar-refractivity contribution in [1.82, 2.24) is 4.98 Å². The summed E-state index contributed by atoms with van der Waals surface area (Å²) in [7, 11) is -3.67. The van der Waals surface area contributed by atoms with E-state index in [0.717, 1.165) is 23.1 Å². The van der Waals surface area contributed by atoms with E-state index in [4.69, 9.17) is 0 Å². The highest BCUT2D eigenvalue weighted by Gasteiger charge is 2.45. The Labute approximate surface area is 166 Å². The largest absolute Gasteiger partial charge is 0.265 e. The zero-order chi connectivity index (χ0) is 19.9. The Hall–Kier alpha value is -2.66. The minimum atomic E-state index is -3.67. The predicted octanol–water partition coefficient (Wildman–Crippen LogP) is 4.41. The molecular formula is C23H24N2O2S. The van der Waals surface area contributed by atoms with Crippen molar-refractivity contribution in [3.63, 3.8) is 0 Å². The molecule has 3 aromatic rings. The summed E-state index contributed by atoms with van der Waals surface area (Å²) in [6.45, 7) is 6.45. The Morgan fingerprint density at radius 1 is 1.00 bits per heavy atom.